The summed E-state index contributed by atoms with van der Waals surface area (Å²) in [5.41, 5.74) is 0.897. The van der Waals surface area contributed by atoms with E-state index in [1.807, 2.05) is 38.1 Å². The van der Waals surface area contributed by atoms with Gasteiger partial charge in [-0.1, -0.05) is 25.1 Å². The SMILES string of the molecule is CC[C@H](C(=O)N[C@@H](C)C12CC3CC(CC(C3)C1)C2)n1nc(C)c2sc3ccccc3c2c1=O. The number of amides is 1. The molecule has 3 aromatic rings. The molecule has 6 heteroatoms. The zero-order valence-corrected chi connectivity index (χ0v) is 20.6. The summed E-state index contributed by atoms with van der Waals surface area (Å²) in [7, 11) is 0. The third-order valence-electron chi connectivity index (χ3n) is 8.95. The molecular formula is C27H33N3O2S. The van der Waals surface area contributed by atoms with Gasteiger partial charge >= 0.3 is 0 Å². The number of aromatic nitrogens is 2. The quantitative estimate of drug-likeness (QED) is 0.536. The number of thiophene rings is 1. The van der Waals surface area contributed by atoms with E-state index in [9.17, 15) is 9.59 Å². The van der Waals surface area contributed by atoms with Gasteiger partial charge in [0, 0.05) is 16.1 Å². The lowest BCUT2D eigenvalue weighted by Gasteiger charge is -2.59. The summed E-state index contributed by atoms with van der Waals surface area (Å²) in [5.74, 6) is 2.48. The van der Waals surface area contributed by atoms with Crippen LogP contribution in [0.1, 0.15) is 70.5 Å². The van der Waals surface area contributed by atoms with Crippen molar-refractivity contribution in [1.29, 1.82) is 0 Å². The second kappa shape index (κ2) is 7.66. The third-order valence-corrected chi connectivity index (χ3v) is 10.2. The molecule has 4 aliphatic carbocycles. The predicted molar refractivity (Wildman–Crippen MR) is 134 cm³/mol. The Morgan fingerprint density at radius 3 is 2.45 bits per heavy atom. The van der Waals surface area contributed by atoms with Crippen LogP contribution in [0.4, 0.5) is 0 Å². The topological polar surface area (TPSA) is 64.0 Å². The van der Waals surface area contributed by atoms with Crippen molar-refractivity contribution in [3.63, 3.8) is 0 Å². The van der Waals surface area contributed by atoms with Gasteiger partial charge < -0.3 is 5.32 Å². The average Bonchev–Trinajstić information content (AvgIpc) is 3.17. The molecule has 1 aromatic carbocycles. The van der Waals surface area contributed by atoms with Gasteiger partial charge in [-0.15, -0.1) is 11.3 Å². The maximum atomic E-state index is 13.6. The van der Waals surface area contributed by atoms with Crippen LogP contribution in [0.2, 0.25) is 0 Å². The number of nitrogens with one attached hydrogen (secondary N) is 1. The fraction of sp³-hybridized carbons (Fsp3) is 0.593. The third kappa shape index (κ3) is 3.28. The molecule has 0 aliphatic heterocycles. The highest BCUT2D eigenvalue weighted by molar-refractivity contribution is 7.26. The van der Waals surface area contributed by atoms with Crippen molar-refractivity contribution in [1.82, 2.24) is 15.1 Å². The molecule has 4 fully saturated rings. The molecule has 0 saturated heterocycles. The van der Waals surface area contributed by atoms with E-state index < -0.39 is 6.04 Å². The molecule has 7 rings (SSSR count). The second-order valence-electron chi connectivity index (χ2n) is 11.1. The van der Waals surface area contributed by atoms with Crippen LogP contribution in [-0.2, 0) is 4.79 Å². The minimum absolute atomic E-state index is 0.0615. The molecular weight excluding hydrogens is 430 g/mol. The van der Waals surface area contributed by atoms with Crippen LogP contribution < -0.4 is 10.9 Å². The van der Waals surface area contributed by atoms with Crippen LogP contribution in [0.3, 0.4) is 0 Å². The number of hydrogen-bond acceptors (Lipinski definition) is 4. The zero-order valence-electron chi connectivity index (χ0n) is 19.8. The highest BCUT2D eigenvalue weighted by atomic mass is 32.1. The summed E-state index contributed by atoms with van der Waals surface area (Å²) in [4.78, 5) is 27.2. The lowest BCUT2D eigenvalue weighted by atomic mass is 9.48. The Labute approximate surface area is 198 Å². The van der Waals surface area contributed by atoms with E-state index >= 15 is 0 Å². The number of carbonyl (C=O) groups is 1. The Kier molecular flexibility index (Phi) is 4.95. The molecule has 33 heavy (non-hydrogen) atoms. The van der Waals surface area contributed by atoms with Crippen LogP contribution >= 0.6 is 11.3 Å². The summed E-state index contributed by atoms with van der Waals surface area (Å²) in [6, 6.07) is 7.54. The van der Waals surface area contributed by atoms with Crippen LogP contribution in [0, 0.1) is 30.1 Å². The Balaban J connectivity index is 1.33. The number of nitrogens with zero attached hydrogens (tertiary/aromatic N) is 2. The van der Waals surface area contributed by atoms with Gasteiger partial charge in [0.25, 0.3) is 5.56 Å². The van der Waals surface area contributed by atoms with Crippen LogP contribution in [-0.4, -0.2) is 21.7 Å². The Hall–Kier alpha value is -2.21. The summed E-state index contributed by atoms with van der Waals surface area (Å²) in [5, 5.41) is 9.67. The van der Waals surface area contributed by atoms with Gasteiger partial charge in [0.2, 0.25) is 5.91 Å². The summed E-state index contributed by atoms with van der Waals surface area (Å²) < 4.78 is 3.47. The van der Waals surface area contributed by atoms with Gasteiger partial charge in [-0.05, 0) is 88.0 Å². The van der Waals surface area contributed by atoms with Gasteiger partial charge in [-0.3, -0.25) is 9.59 Å². The molecule has 5 nitrogen and oxygen atoms in total. The van der Waals surface area contributed by atoms with Crippen molar-refractivity contribution in [2.24, 2.45) is 23.2 Å². The number of benzene rings is 1. The smallest absolute Gasteiger partial charge is 0.276 e. The normalized spacial score (nSPS) is 30.1. The predicted octanol–water partition coefficient (Wildman–Crippen LogP) is 5.59. The lowest BCUT2D eigenvalue weighted by molar-refractivity contribution is -0.129. The number of aryl methyl sites for hydroxylation is 1. The molecule has 4 bridgehead atoms. The average molecular weight is 464 g/mol. The standard InChI is InChI=1S/C27H33N3O2S/c1-4-21(25(31)28-16(3)27-12-17-9-18(13-27)11-19(10-17)14-27)30-26(32)23-20-7-5-6-8-22(20)33-24(23)15(2)29-30/h5-8,16-19,21H,4,9-14H2,1-3H3,(H,28,31)/t16-,17?,18?,19?,21+,27?/m0/s1. The molecule has 2 aromatic heterocycles. The first-order valence-electron chi connectivity index (χ1n) is 12.6. The van der Waals surface area contributed by atoms with Crippen molar-refractivity contribution in [3.05, 3.63) is 40.3 Å². The van der Waals surface area contributed by atoms with Gasteiger partial charge in [0.05, 0.1) is 15.8 Å². The number of hydrogen-bond donors (Lipinski definition) is 1. The van der Waals surface area contributed by atoms with E-state index in [4.69, 9.17) is 0 Å². The molecule has 4 saturated carbocycles. The summed E-state index contributed by atoms with van der Waals surface area (Å²) in [6.07, 6.45) is 8.48. The molecule has 0 unspecified atom stereocenters. The molecule has 0 spiro atoms. The van der Waals surface area contributed by atoms with E-state index in [2.05, 4.69) is 17.3 Å². The fourth-order valence-electron chi connectivity index (χ4n) is 7.73. The van der Waals surface area contributed by atoms with Crippen molar-refractivity contribution in [3.8, 4) is 0 Å². The van der Waals surface area contributed by atoms with Crippen LogP contribution in [0.25, 0.3) is 20.2 Å². The number of rotatable bonds is 5. The first-order chi connectivity index (χ1) is 15.9. The minimum atomic E-state index is -0.587. The zero-order chi connectivity index (χ0) is 22.9. The molecule has 4 aliphatic rings. The van der Waals surface area contributed by atoms with Crippen molar-refractivity contribution in [2.45, 2.75) is 77.8 Å². The van der Waals surface area contributed by atoms with E-state index in [-0.39, 0.29) is 22.9 Å². The minimum Gasteiger partial charge on any atom is -0.351 e. The molecule has 1 N–H and O–H groups in total. The van der Waals surface area contributed by atoms with Gasteiger partial charge in [0.1, 0.15) is 6.04 Å². The van der Waals surface area contributed by atoms with Gasteiger partial charge in [0.15, 0.2) is 0 Å². The maximum Gasteiger partial charge on any atom is 0.276 e. The van der Waals surface area contributed by atoms with Gasteiger partial charge in [-0.25, -0.2) is 4.68 Å². The van der Waals surface area contributed by atoms with E-state index in [0.29, 0.717) is 11.8 Å². The van der Waals surface area contributed by atoms with E-state index in [1.54, 1.807) is 11.3 Å². The second-order valence-corrected chi connectivity index (χ2v) is 12.1. The van der Waals surface area contributed by atoms with Crippen molar-refractivity contribution >= 4 is 37.4 Å². The first kappa shape index (κ1) is 21.3. The Bertz CT molecular complexity index is 1270. The monoisotopic (exact) mass is 463 g/mol. The summed E-state index contributed by atoms with van der Waals surface area (Å²) in [6.45, 7) is 6.12. The molecule has 2 heterocycles. The van der Waals surface area contributed by atoms with Crippen molar-refractivity contribution < 1.29 is 4.79 Å². The van der Waals surface area contributed by atoms with E-state index in [1.165, 1.54) is 43.2 Å². The Morgan fingerprint density at radius 2 is 1.82 bits per heavy atom. The molecule has 2 atom stereocenters. The lowest BCUT2D eigenvalue weighted by Crippen LogP contribution is -2.56. The number of fused-ring (bicyclic) bond motifs is 3. The van der Waals surface area contributed by atoms with E-state index in [0.717, 1.165) is 38.2 Å². The fourth-order valence-corrected chi connectivity index (χ4v) is 8.87. The Morgan fingerprint density at radius 1 is 1.18 bits per heavy atom. The number of carbonyl (C=O) groups excluding carboxylic acids is 1. The molecule has 0 radical (unpaired) electrons. The molecule has 174 valence electrons. The largest absolute Gasteiger partial charge is 0.351 e. The van der Waals surface area contributed by atoms with Gasteiger partial charge in [-0.2, -0.15) is 5.10 Å². The van der Waals surface area contributed by atoms with Crippen LogP contribution in [0.5, 0.6) is 0 Å². The summed E-state index contributed by atoms with van der Waals surface area (Å²) >= 11 is 1.61. The van der Waals surface area contributed by atoms with Crippen molar-refractivity contribution in [2.75, 3.05) is 0 Å². The highest BCUT2D eigenvalue weighted by Gasteiger charge is 2.53. The van der Waals surface area contributed by atoms with Crippen LogP contribution in [0.15, 0.2) is 29.1 Å². The molecule has 1 amide bonds. The first-order valence-corrected chi connectivity index (χ1v) is 13.4. The maximum absolute atomic E-state index is 13.6. The highest BCUT2D eigenvalue weighted by Crippen LogP contribution is 2.61.